The second-order valence-electron chi connectivity index (χ2n) is 9.28. The lowest BCUT2D eigenvalue weighted by atomic mass is 9.87. The number of anilines is 1. The third-order valence-corrected chi connectivity index (χ3v) is 7.72. The van der Waals surface area contributed by atoms with Gasteiger partial charge in [0.05, 0.1) is 17.1 Å². The zero-order valence-electron chi connectivity index (χ0n) is 19.3. The van der Waals surface area contributed by atoms with E-state index in [2.05, 4.69) is 38.2 Å². The first kappa shape index (κ1) is 23.1. The molecule has 1 amide bonds. The maximum atomic E-state index is 13.0. The molecule has 0 bridgehead atoms. The summed E-state index contributed by atoms with van der Waals surface area (Å²) in [6, 6.07) is 18.9. The Bertz CT molecular complexity index is 1260. The first-order valence-electron chi connectivity index (χ1n) is 11.2. The number of sulfonamides is 1. The molecule has 1 N–H and O–H groups in total. The SMILES string of the molecule is CC(C)(C)c1ccc(OCCNC(=O)CCCN2c3cccc4cccc(c34)S2(=O)=O)cc1. The lowest BCUT2D eigenvalue weighted by Crippen LogP contribution is -2.31. The van der Waals surface area contributed by atoms with Crippen LogP contribution in [-0.2, 0) is 20.2 Å². The van der Waals surface area contributed by atoms with Crippen molar-refractivity contribution in [1.29, 1.82) is 0 Å². The Balaban J connectivity index is 1.23. The zero-order chi connectivity index (χ0) is 23.6. The van der Waals surface area contributed by atoms with Crippen LogP contribution in [0.2, 0.25) is 0 Å². The quantitative estimate of drug-likeness (QED) is 0.492. The molecular formula is C26H30N2O4S. The number of amides is 1. The summed E-state index contributed by atoms with van der Waals surface area (Å²) >= 11 is 0. The first-order valence-corrected chi connectivity index (χ1v) is 12.7. The number of hydrogen-bond acceptors (Lipinski definition) is 4. The van der Waals surface area contributed by atoms with Gasteiger partial charge in [0.25, 0.3) is 10.0 Å². The third kappa shape index (κ3) is 4.83. The van der Waals surface area contributed by atoms with E-state index in [4.69, 9.17) is 4.74 Å². The van der Waals surface area contributed by atoms with Crippen molar-refractivity contribution in [1.82, 2.24) is 5.32 Å². The normalized spacial score (nSPS) is 14.5. The number of carbonyl (C=O) groups is 1. The monoisotopic (exact) mass is 466 g/mol. The third-order valence-electron chi connectivity index (χ3n) is 5.86. The molecule has 174 valence electrons. The molecule has 0 radical (unpaired) electrons. The van der Waals surface area contributed by atoms with E-state index in [1.54, 1.807) is 12.1 Å². The molecule has 3 aromatic carbocycles. The van der Waals surface area contributed by atoms with Gasteiger partial charge in [0.1, 0.15) is 12.4 Å². The van der Waals surface area contributed by atoms with Crippen LogP contribution in [0.3, 0.4) is 0 Å². The van der Waals surface area contributed by atoms with Crippen LogP contribution in [0.1, 0.15) is 39.2 Å². The van der Waals surface area contributed by atoms with Gasteiger partial charge in [-0.1, -0.05) is 57.2 Å². The van der Waals surface area contributed by atoms with E-state index in [0.717, 1.165) is 16.5 Å². The van der Waals surface area contributed by atoms with Gasteiger partial charge in [-0.15, -0.1) is 0 Å². The highest BCUT2D eigenvalue weighted by molar-refractivity contribution is 7.93. The van der Waals surface area contributed by atoms with Gasteiger partial charge in [0, 0.05) is 18.4 Å². The van der Waals surface area contributed by atoms with Crippen LogP contribution in [-0.4, -0.2) is 34.0 Å². The highest BCUT2D eigenvalue weighted by Crippen LogP contribution is 2.41. The Labute approximate surface area is 195 Å². The van der Waals surface area contributed by atoms with Crippen molar-refractivity contribution < 1.29 is 17.9 Å². The van der Waals surface area contributed by atoms with Crippen molar-refractivity contribution >= 4 is 32.4 Å². The average Bonchev–Trinajstić information content (AvgIpc) is 3.00. The Morgan fingerprint density at radius 2 is 1.70 bits per heavy atom. The predicted molar refractivity (Wildman–Crippen MR) is 131 cm³/mol. The molecule has 0 aromatic heterocycles. The summed E-state index contributed by atoms with van der Waals surface area (Å²) in [7, 11) is -3.58. The molecule has 0 fully saturated rings. The van der Waals surface area contributed by atoms with Gasteiger partial charge in [-0.3, -0.25) is 9.10 Å². The highest BCUT2D eigenvalue weighted by atomic mass is 32.2. The zero-order valence-corrected chi connectivity index (χ0v) is 20.1. The summed E-state index contributed by atoms with van der Waals surface area (Å²) in [4.78, 5) is 12.6. The van der Waals surface area contributed by atoms with Crippen LogP contribution in [0, 0.1) is 0 Å². The van der Waals surface area contributed by atoms with Crippen molar-refractivity contribution in [3.63, 3.8) is 0 Å². The van der Waals surface area contributed by atoms with E-state index in [1.807, 2.05) is 36.4 Å². The molecule has 6 nitrogen and oxygen atoms in total. The van der Waals surface area contributed by atoms with Crippen molar-refractivity contribution in [3.05, 3.63) is 66.2 Å². The smallest absolute Gasteiger partial charge is 0.265 e. The molecule has 0 spiro atoms. The molecule has 0 aliphatic carbocycles. The van der Waals surface area contributed by atoms with Crippen molar-refractivity contribution in [2.75, 3.05) is 24.0 Å². The van der Waals surface area contributed by atoms with Gasteiger partial charge in [-0.2, -0.15) is 0 Å². The summed E-state index contributed by atoms with van der Waals surface area (Å²) in [5, 5.41) is 4.51. The lowest BCUT2D eigenvalue weighted by Gasteiger charge is -2.19. The van der Waals surface area contributed by atoms with Crippen LogP contribution >= 0.6 is 0 Å². The molecule has 0 atom stereocenters. The molecule has 1 heterocycles. The summed E-state index contributed by atoms with van der Waals surface area (Å²) in [6.07, 6.45) is 0.684. The number of rotatable bonds is 8. The first-order chi connectivity index (χ1) is 15.7. The van der Waals surface area contributed by atoms with Gasteiger partial charge in [0.2, 0.25) is 5.91 Å². The van der Waals surface area contributed by atoms with Crippen molar-refractivity contribution in [2.45, 2.75) is 43.9 Å². The molecule has 4 rings (SSSR count). The minimum absolute atomic E-state index is 0.0935. The molecule has 3 aromatic rings. The number of nitrogens with zero attached hydrogens (tertiary/aromatic N) is 1. The molecule has 33 heavy (non-hydrogen) atoms. The molecule has 7 heteroatoms. The number of benzene rings is 3. The van der Waals surface area contributed by atoms with E-state index >= 15 is 0 Å². The van der Waals surface area contributed by atoms with Crippen LogP contribution in [0.5, 0.6) is 5.75 Å². The fourth-order valence-electron chi connectivity index (χ4n) is 4.08. The summed E-state index contributed by atoms with van der Waals surface area (Å²) in [5.41, 5.74) is 2.02. The Morgan fingerprint density at radius 3 is 2.39 bits per heavy atom. The highest BCUT2D eigenvalue weighted by Gasteiger charge is 2.35. The molecule has 0 saturated heterocycles. The van der Waals surface area contributed by atoms with Crippen LogP contribution in [0.25, 0.3) is 10.8 Å². The maximum absolute atomic E-state index is 13.0. The summed E-state index contributed by atoms with van der Waals surface area (Å²) in [5.74, 6) is 0.652. The van der Waals surface area contributed by atoms with Crippen molar-refractivity contribution in [2.24, 2.45) is 0 Å². The van der Waals surface area contributed by atoms with Gasteiger partial charge >= 0.3 is 0 Å². The predicted octanol–water partition coefficient (Wildman–Crippen LogP) is 4.62. The van der Waals surface area contributed by atoms with E-state index in [9.17, 15) is 13.2 Å². The molecule has 1 aliphatic heterocycles. The van der Waals surface area contributed by atoms with Crippen LogP contribution in [0.4, 0.5) is 5.69 Å². The number of ether oxygens (including phenoxy) is 1. The minimum atomic E-state index is -3.58. The molecule has 0 saturated carbocycles. The van der Waals surface area contributed by atoms with Crippen LogP contribution < -0.4 is 14.4 Å². The molecule has 1 aliphatic rings. The van der Waals surface area contributed by atoms with Gasteiger partial charge in [0.15, 0.2) is 0 Å². The second-order valence-corrected chi connectivity index (χ2v) is 11.1. The lowest BCUT2D eigenvalue weighted by molar-refractivity contribution is -0.121. The fourth-order valence-corrected chi connectivity index (χ4v) is 5.83. The van der Waals surface area contributed by atoms with E-state index < -0.39 is 10.0 Å². The van der Waals surface area contributed by atoms with Gasteiger partial charge in [-0.25, -0.2) is 8.42 Å². The summed E-state index contributed by atoms with van der Waals surface area (Å²) < 4.78 is 33.1. The van der Waals surface area contributed by atoms with Gasteiger partial charge in [-0.05, 0) is 47.1 Å². The molecular weight excluding hydrogens is 436 g/mol. The second kappa shape index (κ2) is 9.06. The standard InChI is InChI=1S/C26H30N2O4S/c1-26(2,3)20-12-14-21(15-13-20)32-18-16-27-24(29)11-6-17-28-22-9-4-7-19-8-5-10-23(25(19)22)33(28,30)31/h4-5,7-10,12-15H,6,11,16-18H2,1-3H3,(H,27,29). The van der Waals surface area contributed by atoms with E-state index in [1.165, 1.54) is 9.87 Å². The minimum Gasteiger partial charge on any atom is -0.492 e. The van der Waals surface area contributed by atoms with Gasteiger partial charge < -0.3 is 10.1 Å². The maximum Gasteiger partial charge on any atom is 0.265 e. The number of hydrogen-bond donors (Lipinski definition) is 1. The van der Waals surface area contributed by atoms with E-state index in [0.29, 0.717) is 30.2 Å². The Kier molecular flexibility index (Phi) is 6.34. The van der Waals surface area contributed by atoms with Crippen molar-refractivity contribution in [3.8, 4) is 5.75 Å². The van der Waals surface area contributed by atoms with E-state index in [-0.39, 0.29) is 24.3 Å². The van der Waals surface area contributed by atoms with Crippen LogP contribution in [0.15, 0.2) is 65.6 Å². The number of nitrogens with one attached hydrogen (secondary N) is 1. The largest absolute Gasteiger partial charge is 0.492 e. The fraction of sp³-hybridized carbons (Fsp3) is 0.346. The Hall–Kier alpha value is -3.06. The number of carbonyl (C=O) groups excluding carboxylic acids is 1. The summed E-state index contributed by atoms with van der Waals surface area (Å²) in [6.45, 7) is 7.52. The topological polar surface area (TPSA) is 75.7 Å². The molecule has 0 unspecified atom stereocenters. The average molecular weight is 467 g/mol. The Morgan fingerprint density at radius 1 is 1.00 bits per heavy atom.